The van der Waals surface area contributed by atoms with E-state index in [2.05, 4.69) is 28.6 Å². The predicted molar refractivity (Wildman–Crippen MR) is 69.4 cm³/mol. The number of hydrogen-bond donors (Lipinski definition) is 1. The molecule has 1 aromatic rings. The van der Waals surface area contributed by atoms with Crippen molar-refractivity contribution in [3.8, 4) is 0 Å². The zero-order chi connectivity index (χ0) is 13.0. The molecule has 0 amide bonds. The number of piperazine rings is 1. The van der Waals surface area contributed by atoms with Crippen molar-refractivity contribution in [2.75, 3.05) is 39.3 Å². The summed E-state index contributed by atoms with van der Waals surface area (Å²) < 4.78 is 5.45. The van der Waals surface area contributed by atoms with Crippen LogP contribution < -0.4 is 0 Å². The fourth-order valence-corrected chi connectivity index (χ4v) is 2.39. The molecule has 102 valence electrons. The molecule has 1 N–H and O–H groups in total. The van der Waals surface area contributed by atoms with Gasteiger partial charge in [0, 0.05) is 45.2 Å². The summed E-state index contributed by atoms with van der Waals surface area (Å²) >= 11 is 0. The molecule has 0 unspecified atom stereocenters. The van der Waals surface area contributed by atoms with Gasteiger partial charge in [0.05, 0.1) is 12.3 Å². The summed E-state index contributed by atoms with van der Waals surface area (Å²) in [7, 11) is 0. The second-order valence-corrected chi connectivity index (χ2v) is 5.16. The van der Waals surface area contributed by atoms with Crippen molar-refractivity contribution in [2.45, 2.75) is 26.3 Å². The highest BCUT2D eigenvalue weighted by Crippen LogP contribution is 2.20. The molecule has 2 rings (SSSR count). The van der Waals surface area contributed by atoms with E-state index < -0.39 is 0 Å². The molecule has 18 heavy (non-hydrogen) atoms. The normalized spacial score (nSPS) is 18.7. The Morgan fingerprint density at radius 3 is 2.56 bits per heavy atom. The third-order valence-electron chi connectivity index (χ3n) is 3.45. The lowest BCUT2D eigenvalue weighted by Gasteiger charge is -2.34. The van der Waals surface area contributed by atoms with Gasteiger partial charge in [-0.25, -0.2) is 4.98 Å². The van der Waals surface area contributed by atoms with E-state index in [0.717, 1.165) is 50.7 Å². The molecule has 0 saturated carbocycles. The molecule has 1 aliphatic rings. The number of aromatic nitrogens is 1. The zero-order valence-electron chi connectivity index (χ0n) is 11.3. The Morgan fingerprint density at radius 1 is 1.28 bits per heavy atom. The summed E-state index contributed by atoms with van der Waals surface area (Å²) in [6, 6.07) is 0. The Labute approximate surface area is 108 Å². The van der Waals surface area contributed by atoms with Crippen molar-refractivity contribution >= 4 is 0 Å². The van der Waals surface area contributed by atoms with Crippen LogP contribution in [0, 0.1) is 0 Å². The largest absolute Gasteiger partial charge is 0.448 e. The summed E-state index contributed by atoms with van der Waals surface area (Å²) in [5, 5.41) is 8.91. The molecular weight excluding hydrogens is 230 g/mol. The maximum Gasteiger partial charge on any atom is 0.181 e. The number of nitrogens with zero attached hydrogens (tertiary/aromatic N) is 3. The van der Waals surface area contributed by atoms with E-state index in [0.29, 0.717) is 5.92 Å². The quantitative estimate of drug-likeness (QED) is 0.845. The van der Waals surface area contributed by atoms with Gasteiger partial charge >= 0.3 is 0 Å². The van der Waals surface area contributed by atoms with Crippen molar-refractivity contribution in [3.63, 3.8) is 0 Å². The maximum atomic E-state index is 8.91. The van der Waals surface area contributed by atoms with E-state index in [1.165, 1.54) is 0 Å². The summed E-state index contributed by atoms with van der Waals surface area (Å²) in [5.41, 5.74) is 1.07. The third-order valence-corrected chi connectivity index (χ3v) is 3.45. The number of rotatable bonds is 5. The molecule has 1 aromatic heterocycles. The van der Waals surface area contributed by atoms with Gasteiger partial charge in [-0.1, -0.05) is 13.8 Å². The van der Waals surface area contributed by atoms with Crippen LogP contribution >= 0.6 is 0 Å². The molecule has 1 saturated heterocycles. The topological polar surface area (TPSA) is 52.7 Å². The molecule has 5 heteroatoms. The molecule has 1 fully saturated rings. The van der Waals surface area contributed by atoms with Gasteiger partial charge < -0.3 is 9.52 Å². The first-order valence-electron chi connectivity index (χ1n) is 6.68. The van der Waals surface area contributed by atoms with Gasteiger partial charge in [0.25, 0.3) is 0 Å². The number of aliphatic hydroxyl groups excluding tert-OH is 1. The predicted octanol–water partition coefficient (Wildman–Crippen LogP) is 0.908. The van der Waals surface area contributed by atoms with E-state index in [1.807, 2.05) is 0 Å². The second kappa shape index (κ2) is 6.31. The Kier molecular flexibility index (Phi) is 4.74. The smallest absolute Gasteiger partial charge is 0.181 e. The van der Waals surface area contributed by atoms with Crippen LogP contribution in [-0.2, 0) is 6.54 Å². The first kappa shape index (κ1) is 13.5. The third kappa shape index (κ3) is 3.31. The van der Waals surface area contributed by atoms with Gasteiger partial charge in [0.1, 0.15) is 5.76 Å². The van der Waals surface area contributed by atoms with Crippen molar-refractivity contribution in [2.24, 2.45) is 0 Å². The van der Waals surface area contributed by atoms with Crippen molar-refractivity contribution in [1.82, 2.24) is 14.8 Å². The molecule has 0 spiro atoms. The lowest BCUT2D eigenvalue weighted by atomic mass is 10.1. The van der Waals surface area contributed by atoms with E-state index in [4.69, 9.17) is 9.52 Å². The molecule has 0 radical (unpaired) electrons. The van der Waals surface area contributed by atoms with Crippen molar-refractivity contribution < 1.29 is 9.52 Å². The highest BCUT2D eigenvalue weighted by Gasteiger charge is 2.20. The lowest BCUT2D eigenvalue weighted by molar-refractivity contribution is 0.107. The maximum absolute atomic E-state index is 8.91. The van der Waals surface area contributed by atoms with E-state index in [9.17, 15) is 0 Å². The van der Waals surface area contributed by atoms with Crippen molar-refractivity contribution in [1.29, 1.82) is 0 Å². The van der Waals surface area contributed by atoms with Gasteiger partial charge in [-0.2, -0.15) is 0 Å². The number of β-amino-alcohol motifs (C(OH)–C–C–N with tert-alkyl or cyclic N) is 1. The number of hydrogen-bond acceptors (Lipinski definition) is 5. The zero-order valence-corrected chi connectivity index (χ0v) is 11.3. The first-order valence-corrected chi connectivity index (χ1v) is 6.68. The Morgan fingerprint density at radius 2 is 1.94 bits per heavy atom. The first-order chi connectivity index (χ1) is 8.70. The molecule has 2 heterocycles. The summed E-state index contributed by atoms with van der Waals surface area (Å²) in [5.74, 6) is 1.39. The van der Waals surface area contributed by atoms with Crippen LogP contribution in [-0.4, -0.2) is 59.2 Å². The van der Waals surface area contributed by atoms with E-state index in [1.54, 1.807) is 6.39 Å². The second-order valence-electron chi connectivity index (χ2n) is 5.16. The van der Waals surface area contributed by atoms with Crippen LogP contribution in [0.25, 0.3) is 0 Å². The highest BCUT2D eigenvalue weighted by atomic mass is 16.3. The van der Waals surface area contributed by atoms with Crippen LogP contribution in [0.4, 0.5) is 0 Å². The van der Waals surface area contributed by atoms with Crippen LogP contribution in [0.2, 0.25) is 0 Å². The van der Waals surface area contributed by atoms with Crippen molar-refractivity contribution in [3.05, 3.63) is 17.8 Å². The molecule has 0 atom stereocenters. The van der Waals surface area contributed by atoms with Gasteiger partial charge in [-0.15, -0.1) is 0 Å². The van der Waals surface area contributed by atoms with Gasteiger partial charge in [-0.3, -0.25) is 9.80 Å². The minimum Gasteiger partial charge on any atom is -0.448 e. The van der Waals surface area contributed by atoms with E-state index >= 15 is 0 Å². The SMILES string of the molecule is CC(C)c1ocnc1CN1CCN(CCO)CC1. The van der Waals surface area contributed by atoms with Crippen LogP contribution in [0.15, 0.2) is 10.8 Å². The molecule has 0 aliphatic carbocycles. The Hall–Kier alpha value is -0.910. The Balaban J connectivity index is 1.86. The average Bonchev–Trinajstić information content (AvgIpc) is 2.80. The monoisotopic (exact) mass is 253 g/mol. The number of oxazole rings is 1. The molecular formula is C13H23N3O2. The van der Waals surface area contributed by atoms with E-state index in [-0.39, 0.29) is 6.61 Å². The fraction of sp³-hybridized carbons (Fsp3) is 0.769. The minimum absolute atomic E-state index is 0.251. The van der Waals surface area contributed by atoms with Crippen LogP contribution in [0.3, 0.4) is 0 Å². The minimum atomic E-state index is 0.251. The average molecular weight is 253 g/mol. The molecule has 5 nitrogen and oxygen atoms in total. The van der Waals surface area contributed by atoms with Crippen LogP contribution in [0.5, 0.6) is 0 Å². The number of aliphatic hydroxyl groups is 1. The van der Waals surface area contributed by atoms with Gasteiger partial charge in [0.15, 0.2) is 6.39 Å². The Bertz CT molecular complexity index is 357. The highest BCUT2D eigenvalue weighted by molar-refractivity contribution is 5.11. The molecule has 1 aliphatic heterocycles. The van der Waals surface area contributed by atoms with Gasteiger partial charge in [-0.05, 0) is 0 Å². The molecule has 0 aromatic carbocycles. The summed E-state index contributed by atoms with van der Waals surface area (Å²) in [6.45, 7) is 10.3. The van der Waals surface area contributed by atoms with Gasteiger partial charge in [0.2, 0.25) is 0 Å². The summed E-state index contributed by atoms with van der Waals surface area (Å²) in [6.07, 6.45) is 1.55. The van der Waals surface area contributed by atoms with Crippen LogP contribution in [0.1, 0.15) is 31.2 Å². The molecule has 0 bridgehead atoms. The summed E-state index contributed by atoms with van der Waals surface area (Å²) in [4.78, 5) is 9.02. The lowest BCUT2D eigenvalue weighted by Crippen LogP contribution is -2.46. The standard InChI is InChI=1S/C13H23N3O2/c1-11(2)13-12(14-10-18-13)9-16-5-3-15(4-6-16)7-8-17/h10-11,17H,3-9H2,1-2H3. The fourth-order valence-electron chi connectivity index (χ4n) is 2.39.